The molecule has 0 radical (unpaired) electrons. The zero-order chi connectivity index (χ0) is 17.3. The van der Waals surface area contributed by atoms with Crippen molar-refractivity contribution >= 4 is 10.0 Å². The normalized spacial score (nSPS) is 19.4. The van der Waals surface area contributed by atoms with Gasteiger partial charge in [-0.25, -0.2) is 8.42 Å². The van der Waals surface area contributed by atoms with Crippen LogP contribution in [0.25, 0.3) is 0 Å². The number of sulfonamides is 1. The molecular formula is C19H23NO3S. The van der Waals surface area contributed by atoms with Crippen LogP contribution in [0.3, 0.4) is 0 Å². The third-order valence-corrected chi connectivity index (χ3v) is 6.62. The number of ether oxygens (including phenoxy) is 1. The van der Waals surface area contributed by atoms with Gasteiger partial charge in [-0.3, -0.25) is 0 Å². The van der Waals surface area contributed by atoms with Gasteiger partial charge >= 0.3 is 0 Å². The van der Waals surface area contributed by atoms with Gasteiger partial charge in [0, 0.05) is 13.1 Å². The number of hydrogen-bond acceptors (Lipinski definition) is 3. The molecule has 1 aliphatic rings. The molecular weight excluding hydrogens is 322 g/mol. The molecule has 24 heavy (non-hydrogen) atoms. The first-order valence-electron chi connectivity index (χ1n) is 8.14. The standard InChI is InChI=1S/C19H23NO3S/c1-14-11-16(3)19(12-15(14)2)24(21,22)20-9-10-23-18(13-20)17-7-5-4-6-8-17/h4-8,11-12,18H,9-10,13H2,1-3H3/t18-/m0/s1. The number of rotatable bonds is 3. The Balaban J connectivity index is 1.91. The molecule has 0 N–H and O–H groups in total. The van der Waals surface area contributed by atoms with Crippen LogP contribution in [-0.2, 0) is 14.8 Å². The van der Waals surface area contributed by atoms with Crippen molar-refractivity contribution in [1.29, 1.82) is 0 Å². The largest absolute Gasteiger partial charge is 0.371 e. The van der Waals surface area contributed by atoms with Crippen molar-refractivity contribution in [2.75, 3.05) is 19.7 Å². The Morgan fingerprint density at radius 1 is 1.00 bits per heavy atom. The second kappa shape index (κ2) is 6.67. The first-order chi connectivity index (χ1) is 11.4. The predicted molar refractivity (Wildman–Crippen MR) is 94.5 cm³/mol. The highest BCUT2D eigenvalue weighted by molar-refractivity contribution is 7.89. The van der Waals surface area contributed by atoms with Crippen molar-refractivity contribution in [1.82, 2.24) is 4.31 Å². The summed E-state index contributed by atoms with van der Waals surface area (Å²) in [6.07, 6.45) is -0.221. The monoisotopic (exact) mass is 345 g/mol. The third-order valence-electron chi connectivity index (χ3n) is 4.61. The van der Waals surface area contributed by atoms with Crippen molar-refractivity contribution in [3.63, 3.8) is 0 Å². The summed E-state index contributed by atoms with van der Waals surface area (Å²) in [6.45, 7) is 6.94. The van der Waals surface area contributed by atoms with E-state index in [1.807, 2.05) is 57.2 Å². The Morgan fingerprint density at radius 3 is 2.38 bits per heavy atom. The molecule has 0 unspecified atom stereocenters. The molecule has 3 rings (SSSR count). The van der Waals surface area contributed by atoms with Crippen LogP contribution >= 0.6 is 0 Å². The average Bonchev–Trinajstić information content (AvgIpc) is 2.59. The molecule has 1 aliphatic heterocycles. The lowest BCUT2D eigenvalue weighted by molar-refractivity contribution is -0.00256. The van der Waals surface area contributed by atoms with E-state index < -0.39 is 10.0 Å². The number of aryl methyl sites for hydroxylation is 3. The minimum Gasteiger partial charge on any atom is -0.371 e. The van der Waals surface area contributed by atoms with Crippen molar-refractivity contribution in [2.45, 2.75) is 31.8 Å². The van der Waals surface area contributed by atoms with Crippen LogP contribution in [0.2, 0.25) is 0 Å². The van der Waals surface area contributed by atoms with E-state index in [1.54, 1.807) is 10.4 Å². The van der Waals surface area contributed by atoms with Gasteiger partial charge in [-0.1, -0.05) is 36.4 Å². The van der Waals surface area contributed by atoms with Gasteiger partial charge in [0.25, 0.3) is 0 Å². The molecule has 1 fully saturated rings. The van der Waals surface area contributed by atoms with Crippen molar-refractivity contribution in [3.8, 4) is 0 Å². The minimum absolute atomic E-state index is 0.221. The van der Waals surface area contributed by atoms with Gasteiger partial charge in [-0.15, -0.1) is 0 Å². The predicted octanol–water partition coefficient (Wildman–Crippen LogP) is 3.37. The zero-order valence-electron chi connectivity index (χ0n) is 14.3. The zero-order valence-corrected chi connectivity index (χ0v) is 15.1. The van der Waals surface area contributed by atoms with E-state index in [-0.39, 0.29) is 6.10 Å². The van der Waals surface area contributed by atoms with E-state index in [0.29, 0.717) is 24.6 Å². The summed E-state index contributed by atoms with van der Waals surface area (Å²) in [6, 6.07) is 13.5. The van der Waals surface area contributed by atoms with Gasteiger partial charge in [-0.2, -0.15) is 4.31 Å². The fourth-order valence-electron chi connectivity index (χ4n) is 3.06. The maximum Gasteiger partial charge on any atom is 0.243 e. The summed E-state index contributed by atoms with van der Waals surface area (Å²) < 4.78 is 33.6. The fraction of sp³-hybridized carbons (Fsp3) is 0.368. The molecule has 1 heterocycles. The van der Waals surface area contributed by atoms with E-state index in [1.165, 1.54) is 0 Å². The Labute approximate surface area is 144 Å². The fourth-order valence-corrected chi connectivity index (χ4v) is 4.78. The molecule has 0 bridgehead atoms. The lowest BCUT2D eigenvalue weighted by Crippen LogP contribution is -2.42. The maximum absolute atomic E-state index is 13.1. The first-order valence-corrected chi connectivity index (χ1v) is 9.58. The Bertz CT molecular complexity index is 831. The third kappa shape index (κ3) is 3.24. The molecule has 128 valence electrons. The quantitative estimate of drug-likeness (QED) is 0.857. The highest BCUT2D eigenvalue weighted by Gasteiger charge is 2.32. The van der Waals surface area contributed by atoms with Gasteiger partial charge in [0.2, 0.25) is 10.0 Å². The van der Waals surface area contributed by atoms with Crippen LogP contribution in [-0.4, -0.2) is 32.4 Å². The van der Waals surface area contributed by atoms with Crippen molar-refractivity contribution in [3.05, 3.63) is 64.7 Å². The maximum atomic E-state index is 13.1. The summed E-state index contributed by atoms with van der Waals surface area (Å²) in [5.74, 6) is 0. The molecule has 2 aromatic rings. The topological polar surface area (TPSA) is 46.6 Å². The van der Waals surface area contributed by atoms with Crippen LogP contribution in [0.4, 0.5) is 0 Å². The smallest absolute Gasteiger partial charge is 0.243 e. The molecule has 0 amide bonds. The average molecular weight is 345 g/mol. The van der Waals surface area contributed by atoms with Crippen LogP contribution in [0.5, 0.6) is 0 Å². The van der Waals surface area contributed by atoms with Crippen LogP contribution in [0.15, 0.2) is 47.4 Å². The number of benzene rings is 2. The summed E-state index contributed by atoms with van der Waals surface area (Å²) >= 11 is 0. The molecule has 5 heteroatoms. The van der Waals surface area contributed by atoms with E-state index >= 15 is 0 Å². The molecule has 0 aromatic heterocycles. The molecule has 1 atom stereocenters. The number of hydrogen-bond donors (Lipinski definition) is 0. The van der Waals surface area contributed by atoms with E-state index in [9.17, 15) is 8.42 Å². The van der Waals surface area contributed by atoms with E-state index in [0.717, 1.165) is 22.3 Å². The Kier molecular flexibility index (Phi) is 4.76. The number of nitrogens with zero attached hydrogens (tertiary/aromatic N) is 1. The highest BCUT2D eigenvalue weighted by Crippen LogP contribution is 2.28. The summed E-state index contributed by atoms with van der Waals surface area (Å²) in [5.41, 5.74) is 3.90. The molecule has 0 spiro atoms. The van der Waals surface area contributed by atoms with Gasteiger partial charge in [0.05, 0.1) is 17.6 Å². The summed E-state index contributed by atoms with van der Waals surface area (Å²) in [7, 11) is -3.52. The highest BCUT2D eigenvalue weighted by atomic mass is 32.2. The molecule has 2 aromatic carbocycles. The second-order valence-corrected chi connectivity index (χ2v) is 8.24. The van der Waals surface area contributed by atoms with Crippen LogP contribution < -0.4 is 0 Å². The Hall–Kier alpha value is -1.69. The summed E-state index contributed by atoms with van der Waals surface area (Å²) in [4.78, 5) is 0.402. The van der Waals surface area contributed by atoms with Gasteiger partial charge < -0.3 is 4.74 Å². The van der Waals surface area contributed by atoms with Crippen molar-refractivity contribution in [2.24, 2.45) is 0 Å². The molecule has 4 nitrogen and oxygen atoms in total. The SMILES string of the molecule is Cc1cc(C)c(S(=O)(=O)N2CCO[C@H](c3ccccc3)C2)cc1C. The lowest BCUT2D eigenvalue weighted by Gasteiger charge is -2.32. The van der Waals surface area contributed by atoms with Crippen LogP contribution in [0.1, 0.15) is 28.4 Å². The molecule has 0 aliphatic carbocycles. The van der Waals surface area contributed by atoms with Gasteiger partial charge in [-0.05, 0) is 49.1 Å². The second-order valence-electron chi connectivity index (χ2n) is 6.34. The van der Waals surface area contributed by atoms with E-state index in [4.69, 9.17) is 4.74 Å². The summed E-state index contributed by atoms with van der Waals surface area (Å²) in [5, 5.41) is 0. The minimum atomic E-state index is -3.52. The lowest BCUT2D eigenvalue weighted by atomic mass is 10.1. The molecule has 0 saturated carbocycles. The number of morpholine rings is 1. The Morgan fingerprint density at radius 2 is 1.67 bits per heavy atom. The van der Waals surface area contributed by atoms with Crippen LogP contribution in [0, 0.1) is 20.8 Å². The molecule has 1 saturated heterocycles. The van der Waals surface area contributed by atoms with Gasteiger partial charge in [0.15, 0.2) is 0 Å². The van der Waals surface area contributed by atoms with Gasteiger partial charge in [0.1, 0.15) is 0 Å². The van der Waals surface area contributed by atoms with E-state index in [2.05, 4.69) is 0 Å². The van der Waals surface area contributed by atoms with Crippen molar-refractivity contribution < 1.29 is 13.2 Å². The first kappa shape index (κ1) is 17.1.